The zero-order valence-electron chi connectivity index (χ0n) is 11.5. The molecule has 1 aromatic carbocycles. The third kappa shape index (κ3) is 3.14. The highest BCUT2D eigenvalue weighted by Gasteiger charge is 2.12. The molecule has 1 aromatic heterocycles. The highest BCUT2D eigenvalue weighted by molar-refractivity contribution is 5.75. The van der Waals surface area contributed by atoms with E-state index in [2.05, 4.69) is 38.8 Å². The van der Waals surface area contributed by atoms with Gasteiger partial charge in [0.2, 0.25) is 0 Å². The van der Waals surface area contributed by atoms with Gasteiger partial charge in [0.1, 0.15) is 5.82 Å². The molecule has 102 valence electrons. The molecule has 0 unspecified atom stereocenters. The molecule has 4 nitrogen and oxygen atoms in total. The van der Waals surface area contributed by atoms with Crippen LogP contribution >= 0.6 is 0 Å². The smallest absolute Gasteiger partial charge is 0.104 e. The van der Waals surface area contributed by atoms with Crippen LogP contribution in [0.25, 0.3) is 11.0 Å². The van der Waals surface area contributed by atoms with Crippen molar-refractivity contribution in [2.24, 2.45) is 5.92 Å². The molecule has 2 aromatic rings. The van der Waals surface area contributed by atoms with Crippen LogP contribution in [-0.2, 0) is 6.54 Å². The number of rotatable bonds is 4. The van der Waals surface area contributed by atoms with Crippen LogP contribution in [-0.4, -0.2) is 29.6 Å². The van der Waals surface area contributed by atoms with E-state index in [0.29, 0.717) is 0 Å². The van der Waals surface area contributed by atoms with Crippen molar-refractivity contribution < 1.29 is 0 Å². The molecule has 0 spiro atoms. The summed E-state index contributed by atoms with van der Waals surface area (Å²) in [7, 11) is 0. The first-order valence-corrected chi connectivity index (χ1v) is 7.18. The number of H-pyrrole nitrogens is 1. The summed E-state index contributed by atoms with van der Waals surface area (Å²) >= 11 is 0. The van der Waals surface area contributed by atoms with Crippen molar-refractivity contribution in [3.63, 3.8) is 0 Å². The van der Waals surface area contributed by atoms with Gasteiger partial charge in [-0.2, -0.15) is 0 Å². The predicted octanol–water partition coefficient (Wildman–Crippen LogP) is 1.96. The normalized spacial score (nSPS) is 17.1. The van der Waals surface area contributed by atoms with E-state index in [0.717, 1.165) is 35.9 Å². The number of benzene rings is 1. The summed E-state index contributed by atoms with van der Waals surface area (Å²) in [6, 6.07) is 6.46. The van der Waals surface area contributed by atoms with Crippen LogP contribution in [0.2, 0.25) is 0 Å². The molecule has 0 aliphatic carbocycles. The van der Waals surface area contributed by atoms with E-state index in [4.69, 9.17) is 0 Å². The molecule has 1 fully saturated rings. The van der Waals surface area contributed by atoms with Crippen molar-refractivity contribution >= 4 is 11.0 Å². The van der Waals surface area contributed by atoms with Crippen LogP contribution in [0.4, 0.5) is 0 Å². The van der Waals surface area contributed by atoms with Crippen LogP contribution < -0.4 is 10.6 Å². The quantitative estimate of drug-likeness (QED) is 0.786. The lowest BCUT2D eigenvalue weighted by molar-refractivity contribution is 0.356. The summed E-state index contributed by atoms with van der Waals surface area (Å²) < 4.78 is 0. The fourth-order valence-electron chi connectivity index (χ4n) is 2.80. The Bertz CT molecular complexity index is 540. The van der Waals surface area contributed by atoms with Crippen LogP contribution in [0, 0.1) is 12.8 Å². The van der Waals surface area contributed by atoms with Crippen LogP contribution in [0.3, 0.4) is 0 Å². The van der Waals surface area contributed by atoms with Gasteiger partial charge in [-0.1, -0.05) is 6.07 Å². The number of aromatic amines is 1. The molecule has 0 amide bonds. The third-order valence-corrected chi connectivity index (χ3v) is 3.89. The molecule has 19 heavy (non-hydrogen) atoms. The second-order valence-corrected chi connectivity index (χ2v) is 5.50. The van der Waals surface area contributed by atoms with Gasteiger partial charge in [0.05, 0.1) is 11.0 Å². The highest BCUT2D eigenvalue weighted by Crippen LogP contribution is 2.14. The molecule has 3 N–H and O–H groups in total. The van der Waals surface area contributed by atoms with Gasteiger partial charge in [0.15, 0.2) is 0 Å². The Morgan fingerprint density at radius 3 is 3.00 bits per heavy atom. The molecule has 0 saturated carbocycles. The molecule has 0 radical (unpaired) electrons. The van der Waals surface area contributed by atoms with E-state index in [9.17, 15) is 0 Å². The molecule has 2 heterocycles. The van der Waals surface area contributed by atoms with Crippen molar-refractivity contribution in [3.05, 3.63) is 29.6 Å². The highest BCUT2D eigenvalue weighted by atomic mass is 14.9. The maximum Gasteiger partial charge on any atom is 0.104 e. The van der Waals surface area contributed by atoms with E-state index in [1.807, 2.05) is 6.92 Å². The van der Waals surface area contributed by atoms with Crippen molar-refractivity contribution in [3.8, 4) is 0 Å². The van der Waals surface area contributed by atoms with E-state index in [1.54, 1.807) is 0 Å². The van der Waals surface area contributed by atoms with Gasteiger partial charge in [0, 0.05) is 6.54 Å². The van der Waals surface area contributed by atoms with Gasteiger partial charge < -0.3 is 15.6 Å². The summed E-state index contributed by atoms with van der Waals surface area (Å²) in [5.74, 6) is 1.81. The van der Waals surface area contributed by atoms with Gasteiger partial charge in [-0.25, -0.2) is 4.98 Å². The Balaban J connectivity index is 1.55. The molecular formula is C15H22N4. The first-order chi connectivity index (χ1) is 9.31. The Morgan fingerprint density at radius 1 is 1.32 bits per heavy atom. The van der Waals surface area contributed by atoms with E-state index in [1.165, 1.54) is 31.5 Å². The second kappa shape index (κ2) is 5.72. The molecule has 1 saturated heterocycles. The van der Waals surface area contributed by atoms with E-state index >= 15 is 0 Å². The number of hydrogen-bond acceptors (Lipinski definition) is 3. The minimum absolute atomic E-state index is 0.833. The van der Waals surface area contributed by atoms with Crippen LogP contribution in [0.1, 0.15) is 24.2 Å². The lowest BCUT2D eigenvalue weighted by Gasteiger charge is -2.22. The average molecular weight is 258 g/mol. The fraction of sp³-hybridized carbons (Fsp3) is 0.533. The predicted molar refractivity (Wildman–Crippen MR) is 78.1 cm³/mol. The minimum atomic E-state index is 0.833. The summed E-state index contributed by atoms with van der Waals surface area (Å²) in [6.07, 6.45) is 2.59. The molecule has 3 rings (SSSR count). The average Bonchev–Trinajstić information content (AvgIpc) is 2.79. The summed E-state index contributed by atoms with van der Waals surface area (Å²) in [6.45, 7) is 6.41. The maximum absolute atomic E-state index is 4.43. The van der Waals surface area contributed by atoms with Crippen molar-refractivity contribution in [1.82, 2.24) is 20.6 Å². The number of imidazole rings is 1. The Morgan fingerprint density at radius 2 is 2.16 bits per heavy atom. The first kappa shape index (κ1) is 12.6. The fourth-order valence-corrected chi connectivity index (χ4v) is 2.80. The monoisotopic (exact) mass is 258 g/mol. The van der Waals surface area contributed by atoms with Gasteiger partial charge >= 0.3 is 0 Å². The molecule has 4 heteroatoms. The Labute approximate surface area is 114 Å². The lowest BCUT2D eigenvalue weighted by atomic mass is 9.98. The van der Waals surface area contributed by atoms with Crippen molar-refractivity contribution in [1.29, 1.82) is 0 Å². The van der Waals surface area contributed by atoms with Crippen molar-refractivity contribution in [2.45, 2.75) is 26.3 Å². The minimum Gasteiger partial charge on any atom is -0.342 e. The molecular weight excluding hydrogens is 236 g/mol. The largest absolute Gasteiger partial charge is 0.342 e. The standard InChI is InChI=1S/C15H22N4/c1-11-18-14-3-2-13(8-15(14)19-11)10-17-9-12-4-6-16-7-5-12/h2-3,8,12,16-17H,4-7,9-10H2,1H3,(H,18,19). The number of nitrogens with zero attached hydrogens (tertiary/aromatic N) is 1. The SMILES string of the molecule is Cc1nc2ccc(CNCC3CCNCC3)cc2[nH]1. The van der Waals surface area contributed by atoms with Crippen LogP contribution in [0.5, 0.6) is 0 Å². The summed E-state index contributed by atoms with van der Waals surface area (Å²) in [5.41, 5.74) is 3.52. The van der Waals surface area contributed by atoms with Crippen molar-refractivity contribution in [2.75, 3.05) is 19.6 Å². The van der Waals surface area contributed by atoms with Gasteiger partial charge in [-0.05, 0) is 63.0 Å². The Hall–Kier alpha value is -1.39. The van der Waals surface area contributed by atoms with E-state index in [-0.39, 0.29) is 0 Å². The number of aromatic nitrogens is 2. The zero-order valence-corrected chi connectivity index (χ0v) is 11.5. The first-order valence-electron chi connectivity index (χ1n) is 7.18. The number of nitrogens with one attached hydrogen (secondary N) is 3. The molecule has 1 aliphatic heterocycles. The molecule has 0 atom stereocenters. The lowest BCUT2D eigenvalue weighted by Crippen LogP contribution is -2.33. The van der Waals surface area contributed by atoms with Gasteiger partial charge in [0.25, 0.3) is 0 Å². The molecule has 1 aliphatic rings. The topological polar surface area (TPSA) is 52.7 Å². The van der Waals surface area contributed by atoms with E-state index < -0.39 is 0 Å². The number of aryl methyl sites for hydroxylation is 1. The third-order valence-electron chi connectivity index (χ3n) is 3.89. The zero-order chi connectivity index (χ0) is 13.1. The van der Waals surface area contributed by atoms with Gasteiger partial charge in [-0.15, -0.1) is 0 Å². The second-order valence-electron chi connectivity index (χ2n) is 5.50. The number of fused-ring (bicyclic) bond motifs is 1. The number of hydrogen-bond donors (Lipinski definition) is 3. The molecule has 0 bridgehead atoms. The number of piperidine rings is 1. The summed E-state index contributed by atoms with van der Waals surface area (Å²) in [5, 5.41) is 6.99. The Kier molecular flexibility index (Phi) is 3.80. The summed E-state index contributed by atoms with van der Waals surface area (Å²) in [4.78, 5) is 7.72. The van der Waals surface area contributed by atoms with Gasteiger partial charge in [-0.3, -0.25) is 0 Å². The maximum atomic E-state index is 4.43. The van der Waals surface area contributed by atoms with Crippen LogP contribution in [0.15, 0.2) is 18.2 Å².